The van der Waals surface area contributed by atoms with E-state index in [4.69, 9.17) is 21.4 Å². The van der Waals surface area contributed by atoms with Gasteiger partial charge in [0.15, 0.2) is 0 Å². The zero-order valence-electron chi connectivity index (χ0n) is 11.5. The minimum absolute atomic E-state index is 0.212. The average molecular weight is 300 g/mol. The molecule has 1 aromatic rings. The van der Waals surface area contributed by atoms with Crippen molar-refractivity contribution in [3.05, 3.63) is 29.3 Å². The van der Waals surface area contributed by atoms with E-state index >= 15 is 0 Å². The fourth-order valence-corrected chi connectivity index (χ4v) is 2.43. The molecule has 1 unspecified atom stereocenters. The van der Waals surface area contributed by atoms with Gasteiger partial charge in [0.05, 0.1) is 5.02 Å². The molecule has 1 atom stereocenters. The lowest BCUT2D eigenvalue weighted by molar-refractivity contribution is 0.104. The Bertz CT molecular complexity index is 423. The number of nitrogens with one attached hydrogen (secondary N) is 1. The highest BCUT2D eigenvalue weighted by atomic mass is 35.5. The summed E-state index contributed by atoms with van der Waals surface area (Å²) in [5.74, 6) is 0.590. The van der Waals surface area contributed by atoms with Gasteiger partial charge >= 0.3 is 0 Å². The van der Waals surface area contributed by atoms with E-state index in [9.17, 15) is 5.11 Å². The van der Waals surface area contributed by atoms with Crippen LogP contribution in [0.15, 0.2) is 24.3 Å². The second kappa shape index (κ2) is 7.27. The zero-order valence-corrected chi connectivity index (χ0v) is 12.3. The third-order valence-corrected chi connectivity index (χ3v) is 4.06. The Morgan fingerprint density at radius 1 is 1.35 bits per heavy atom. The van der Waals surface area contributed by atoms with Crippen LogP contribution in [0.2, 0.25) is 5.02 Å². The first kappa shape index (κ1) is 15.6. The molecular formula is C15H22ClNO3. The fourth-order valence-electron chi connectivity index (χ4n) is 2.24. The van der Waals surface area contributed by atoms with Crippen LogP contribution < -0.4 is 10.1 Å². The van der Waals surface area contributed by atoms with Crippen LogP contribution in [-0.4, -0.2) is 42.6 Å². The molecule has 20 heavy (non-hydrogen) atoms. The minimum Gasteiger partial charge on any atom is -0.489 e. The van der Waals surface area contributed by atoms with Crippen molar-refractivity contribution in [2.45, 2.75) is 25.4 Å². The molecule has 0 aliphatic heterocycles. The summed E-state index contributed by atoms with van der Waals surface area (Å²) in [5.41, 5.74) is 0.262. The number of rotatable bonds is 9. The predicted molar refractivity (Wildman–Crippen MR) is 79.2 cm³/mol. The van der Waals surface area contributed by atoms with Crippen LogP contribution in [0.5, 0.6) is 5.75 Å². The van der Waals surface area contributed by atoms with Gasteiger partial charge in [0.2, 0.25) is 0 Å². The van der Waals surface area contributed by atoms with E-state index in [1.807, 2.05) is 12.1 Å². The molecule has 0 saturated heterocycles. The summed E-state index contributed by atoms with van der Waals surface area (Å²) in [4.78, 5) is 0. The van der Waals surface area contributed by atoms with Crippen LogP contribution in [0.3, 0.4) is 0 Å². The van der Waals surface area contributed by atoms with Crippen molar-refractivity contribution in [3.8, 4) is 5.75 Å². The summed E-state index contributed by atoms with van der Waals surface area (Å²) in [5, 5.41) is 22.6. The Morgan fingerprint density at radius 3 is 2.75 bits per heavy atom. The molecule has 1 saturated carbocycles. The van der Waals surface area contributed by atoms with Gasteiger partial charge in [-0.15, -0.1) is 0 Å². The van der Waals surface area contributed by atoms with Gasteiger partial charge in [-0.05, 0) is 36.8 Å². The van der Waals surface area contributed by atoms with Crippen LogP contribution in [0.1, 0.15) is 19.3 Å². The molecule has 1 fully saturated rings. The molecule has 0 amide bonds. The van der Waals surface area contributed by atoms with Gasteiger partial charge in [0.25, 0.3) is 0 Å². The number of aliphatic hydroxyl groups is 2. The van der Waals surface area contributed by atoms with Crippen molar-refractivity contribution in [1.82, 2.24) is 5.32 Å². The average Bonchev–Trinajstić information content (AvgIpc) is 3.18. The highest BCUT2D eigenvalue weighted by Crippen LogP contribution is 2.47. The van der Waals surface area contributed by atoms with E-state index in [2.05, 4.69) is 5.32 Å². The maximum absolute atomic E-state index is 9.87. The monoisotopic (exact) mass is 299 g/mol. The van der Waals surface area contributed by atoms with Gasteiger partial charge in [-0.3, -0.25) is 0 Å². The van der Waals surface area contributed by atoms with Crippen LogP contribution >= 0.6 is 11.6 Å². The van der Waals surface area contributed by atoms with Crippen LogP contribution in [0, 0.1) is 5.41 Å². The number of hydrogen-bond donors (Lipinski definition) is 3. The molecule has 2 rings (SSSR count). The molecule has 1 aliphatic carbocycles. The third-order valence-electron chi connectivity index (χ3n) is 3.75. The lowest BCUT2D eigenvalue weighted by Crippen LogP contribution is -2.35. The second-order valence-corrected chi connectivity index (χ2v) is 5.91. The maximum atomic E-state index is 9.87. The molecular weight excluding hydrogens is 278 g/mol. The van der Waals surface area contributed by atoms with Crippen molar-refractivity contribution >= 4 is 11.6 Å². The number of benzene rings is 1. The van der Waals surface area contributed by atoms with Crippen molar-refractivity contribution < 1.29 is 14.9 Å². The zero-order chi connectivity index (χ0) is 14.4. The molecule has 1 aromatic carbocycles. The summed E-state index contributed by atoms with van der Waals surface area (Å²) in [6.07, 6.45) is 2.59. The fraction of sp³-hybridized carbons (Fsp3) is 0.600. The van der Waals surface area contributed by atoms with E-state index in [-0.39, 0.29) is 18.6 Å². The Balaban J connectivity index is 1.63. The smallest absolute Gasteiger partial charge is 0.138 e. The van der Waals surface area contributed by atoms with Crippen LogP contribution in [-0.2, 0) is 0 Å². The first-order chi connectivity index (χ1) is 9.65. The van der Waals surface area contributed by atoms with E-state index in [1.54, 1.807) is 12.1 Å². The van der Waals surface area contributed by atoms with E-state index in [0.717, 1.165) is 25.8 Å². The molecule has 4 nitrogen and oxygen atoms in total. The van der Waals surface area contributed by atoms with E-state index in [1.165, 1.54) is 0 Å². The van der Waals surface area contributed by atoms with Crippen molar-refractivity contribution in [1.29, 1.82) is 0 Å². The Kier molecular flexibility index (Phi) is 5.66. The van der Waals surface area contributed by atoms with E-state index < -0.39 is 6.10 Å². The highest BCUT2D eigenvalue weighted by Gasteiger charge is 2.41. The quantitative estimate of drug-likeness (QED) is 0.651. The molecule has 0 heterocycles. The molecule has 0 aromatic heterocycles. The Labute approximate surface area is 124 Å². The van der Waals surface area contributed by atoms with Crippen molar-refractivity contribution in [3.63, 3.8) is 0 Å². The molecule has 112 valence electrons. The first-order valence-electron chi connectivity index (χ1n) is 7.02. The molecule has 0 bridgehead atoms. The number of ether oxygens (including phenoxy) is 1. The standard InChI is InChI=1S/C15H22ClNO3/c16-13-3-1-2-4-14(13)20-10-12(19)9-17-11-15(5-6-15)7-8-18/h1-4,12,17-19H,5-11H2. The highest BCUT2D eigenvalue weighted by molar-refractivity contribution is 6.32. The van der Waals surface area contributed by atoms with Gasteiger partial charge in [0.1, 0.15) is 18.5 Å². The number of halogens is 1. The van der Waals surface area contributed by atoms with Crippen LogP contribution in [0.25, 0.3) is 0 Å². The van der Waals surface area contributed by atoms with Crippen LogP contribution in [0.4, 0.5) is 0 Å². The second-order valence-electron chi connectivity index (χ2n) is 5.50. The van der Waals surface area contributed by atoms with Crippen molar-refractivity contribution in [2.75, 3.05) is 26.3 Å². The minimum atomic E-state index is -0.573. The molecule has 0 radical (unpaired) electrons. The summed E-state index contributed by atoms with van der Waals surface area (Å²) in [6.45, 7) is 1.78. The topological polar surface area (TPSA) is 61.7 Å². The number of hydrogen-bond acceptors (Lipinski definition) is 4. The van der Waals surface area contributed by atoms with Gasteiger partial charge in [-0.25, -0.2) is 0 Å². The predicted octanol–water partition coefficient (Wildman–Crippen LogP) is 1.83. The summed E-state index contributed by atoms with van der Waals surface area (Å²) >= 11 is 5.97. The maximum Gasteiger partial charge on any atom is 0.138 e. The van der Waals surface area contributed by atoms with Crippen molar-refractivity contribution in [2.24, 2.45) is 5.41 Å². The van der Waals surface area contributed by atoms with Gasteiger partial charge in [-0.1, -0.05) is 23.7 Å². The molecule has 1 aliphatic rings. The molecule has 3 N–H and O–H groups in total. The SMILES string of the molecule is OCCC1(CNCC(O)COc2ccccc2Cl)CC1. The number of aliphatic hydroxyl groups excluding tert-OH is 2. The largest absolute Gasteiger partial charge is 0.489 e. The lowest BCUT2D eigenvalue weighted by atomic mass is 10.0. The van der Waals surface area contributed by atoms with E-state index in [0.29, 0.717) is 17.3 Å². The summed E-state index contributed by atoms with van der Waals surface area (Å²) < 4.78 is 5.48. The summed E-state index contributed by atoms with van der Waals surface area (Å²) in [7, 11) is 0. The number of para-hydroxylation sites is 1. The third kappa shape index (κ3) is 4.63. The normalized spacial score (nSPS) is 17.8. The first-order valence-corrected chi connectivity index (χ1v) is 7.40. The Hall–Kier alpha value is -0.810. The van der Waals surface area contributed by atoms with Gasteiger partial charge in [0, 0.05) is 19.7 Å². The van der Waals surface area contributed by atoms with Gasteiger partial charge in [-0.2, -0.15) is 0 Å². The van der Waals surface area contributed by atoms with Gasteiger partial charge < -0.3 is 20.3 Å². The summed E-state index contributed by atoms with van der Waals surface area (Å²) in [6, 6.07) is 7.22. The molecule has 0 spiro atoms. The molecule has 5 heteroatoms. The Morgan fingerprint density at radius 2 is 2.10 bits per heavy atom. The lowest BCUT2D eigenvalue weighted by Gasteiger charge is -2.17.